The minimum atomic E-state index is 0.728. The summed E-state index contributed by atoms with van der Waals surface area (Å²) in [7, 11) is 0. The van der Waals surface area contributed by atoms with Gasteiger partial charge in [-0.15, -0.1) is 0 Å². The monoisotopic (exact) mass is 272 g/mol. The Hall–Kier alpha value is -1.02. The van der Waals surface area contributed by atoms with Crippen molar-refractivity contribution in [1.82, 2.24) is 4.90 Å². The molecule has 2 fully saturated rings. The van der Waals surface area contributed by atoms with E-state index in [1.807, 2.05) is 0 Å². The van der Waals surface area contributed by atoms with E-state index in [1.165, 1.54) is 36.9 Å². The second-order valence-corrected chi connectivity index (χ2v) is 6.54. The number of para-hydroxylation sites is 1. The molecule has 0 saturated heterocycles. The summed E-state index contributed by atoms with van der Waals surface area (Å²) in [5.41, 5.74) is 2.83. The van der Waals surface area contributed by atoms with Crippen molar-refractivity contribution in [2.45, 2.75) is 52.1 Å². The van der Waals surface area contributed by atoms with Gasteiger partial charge in [-0.1, -0.05) is 38.5 Å². The fraction of sp³-hybridized carbons (Fsp3) is 0.667. The second-order valence-electron chi connectivity index (χ2n) is 6.54. The van der Waals surface area contributed by atoms with E-state index in [-0.39, 0.29) is 0 Å². The molecule has 3 rings (SSSR count). The van der Waals surface area contributed by atoms with Crippen molar-refractivity contribution in [3.8, 4) is 0 Å². The molecule has 2 bridgehead atoms. The van der Waals surface area contributed by atoms with Crippen molar-refractivity contribution in [2.75, 3.05) is 18.4 Å². The number of benzene rings is 1. The maximum Gasteiger partial charge on any atom is 0.0388 e. The maximum atomic E-state index is 3.87. The average Bonchev–Trinajstić information content (AvgIpc) is 3.09. The predicted molar refractivity (Wildman–Crippen MR) is 85.9 cm³/mol. The average molecular weight is 272 g/mol. The number of rotatable bonds is 6. The van der Waals surface area contributed by atoms with Crippen LogP contribution >= 0.6 is 0 Å². The number of hydrogen-bond acceptors (Lipinski definition) is 2. The number of hydrogen-bond donors (Lipinski definition) is 1. The van der Waals surface area contributed by atoms with Crippen LogP contribution in [0.15, 0.2) is 24.3 Å². The molecule has 3 unspecified atom stereocenters. The molecule has 2 aliphatic carbocycles. The van der Waals surface area contributed by atoms with Crippen LogP contribution < -0.4 is 5.32 Å². The molecule has 2 heteroatoms. The summed E-state index contributed by atoms with van der Waals surface area (Å²) >= 11 is 0. The van der Waals surface area contributed by atoms with Crippen LogP contribution in [0.2, 0.25) is 0 Å². The highest BCUT2D eigenvalue weighted by Crippen LogP contribution is 2.45. The van der Waals surface area contributed by atoms with Crippen molar-refractivity contribution < 1.29 is 0 Å². The minimum Gasteiger partial charge on any atom is -0.382 e. The van der Waals surface area contributed by atoms with Crippen molar-refractivity contribution in [3.63, 3.8) is 0 Å². The molecule has 1 aromatic rings. The molecule has 20 heavy (non-hydrogen) atoms. The normalized spacial score (nSPS) is 28.2. The van der Waals surface area contributed by atoms with Gasteiger partial charge in [0.2, 0.25) is 0 Å². The summed E-state index contributed by atoms with van der Waals surface area (Å²) in [5.74, 6) is 1.94. The van der Waals surface area contributed by atoms with Crippen LogP contribution in [0.1, 0.15) is 45.1 Å². The van der Waals surface area contributed by atoms with Gasteiger partial charge in [0.15, 0.2) is 0 Å². The molecule has 0 heterocycles. The maximum absolute atomic E-state index is 3.87. The first kappa shape index (κ1) is 13.9. The molecule has 0 spiro atoms. The Balaban J connectivity index is 1.69. The molecule has 110 valence electrons. The summed E-state index contributed by atoms with van der Waals surface area (Å²) in [6, 6.07) is 9.62. The van der Waals surface area contributed by atoms with Gasteiger partial charge in [0.1, 0.15) is 0 Å². The number of nitrogens with zero attached hydrogens (tertiary/aromatic N) is 1. The number of fused-ring (bicyclic) bond motifs is 2. The van der Waals surface area contributed by atoms with Crippen LogP contribution in [0.4, 0.5) is 5.69 Å². The van der Waals surface area contributed by atoms with Gasteiger partial charge in [0.25, 0.3) is 0 Å². The van der Waals surface area contributed by atoms with Crippen molar-refractivity contribution in [2.24, 2.45) is 11.8 Å². The van der Waals surface area contributed by atoms with E-state index in [9.17, 15) is 0 Å². The summed E-state index contributed by atoms with van der Waals surface area (Å²) in [6.07, 6.45) is 5.78. The largest absolute Gasteiger partial charge is 0.382 e. The number of anilines is 1. The molecule has 2 nitrogen and oxygen atoms in total. The van der Waals surface area contributed by atoms with Crippen LogP contribution in [-0.2, 0) is 6.54 Å². The smallest absolute Gasteiger partial charge is 0.0388 e. The van der Waals surface area contributed by atoms with Crippen molar-refractivity contribution in [3.05, 3.63) is 29.8 Å². The lowest BCUT2D eigenvalue weighted by Gasteiger charge is -2.27. The van der Waals surface area contributed by atoms with E-state index in [0.29, 0.717) is 0 Å². The zero-order valence-electron chi connectivity index (χ0n) is 12.9. The van der Waals surface area contributed by atoms with Gasteiger partial charge in [0.05, 0.1) is 0 Å². The molecule has 2 saturated carbocycles. The predicted octanol–water partition coefficient (Wildman–Crippen LogP) is 4.13. The molecule has 0 radical (unpaired) electrons. The van der Waals surface area contributed by atoms with Gasteiger partial charge in [0, 0.05) is 18.3 Å². The molecular formula is C18H28N2. The Kier molecular flexibility index (Phi) is 4.30. The van der Waals surface area contributed by atoms with Crippen LogP contribution in [0.5, 0.6) is 0 Å². The van der Waals surface area contributed by atoms with E-state index in [2.05, 4.69) is 48.3 Å². The molecule has 1 aromatic carbocycles. The van der Waals surface area contributed by atoms with Gasteiger partial charge in [-0.3, -0.25) is 4.90 Å². The summed E-state index contributed by atoms with van der Waals surface area (Å²) < 4.78 is 0. The minimum absolute atomic E-state index is 0.728. The number of nitrogens with one attached hydrogen (secondary N) is 1. The molecule has 0 amide bonds. The molecular weight excluding hydrogens is 244 g/mol. The zero-order chi connectivity index (χ0) is 13.9. The van der Waals surface area contributed by atoms with Gasteiger partial charge < -0.3 is 5.32 Å². The van der Waals surface area contributed by atoms with Gasteiger partial charge >= 0.3 is 0 Å². The zero-order valence-corrected chi connectivity index (χ0v) is 12.9. The van der Waals surface area contributed by atoms with E-state index in [0.717, 1.165) is 37.5 Å². The van der Waals surface area contributed by atoms with Crippen molar-refractivity contribution >= 4 is 5.69 Å². The highest BCUT2D eigenvalue weighted by atomic mass is 15.1. The molecule has 3 atom stereocenters. The first-order valence-corrected chi connectivity index (χ1v) is 8.37. The molecule has 0 aliphatic heterocycles. The fourth-order valence-electron chi connectivity index (χ4n) is 4.11. The first-order valence-electron chi connectivity index (χ1n) is 8.37. The Bertz CT molecular complexity index is 439. The third kappa shape index (κ3) is 2.85. The third-order valence-electron chi connectivity index (χ3n) is 5.38. The molecule has 1 N–H and O–H groups in total. The van der Waals surface area contributed by atoms with Gasteiger partial charge in [-0.25, -0.2) is 0 Å². The highest BCUT2D eigenvalue weighted by molar-refractivity contribution is 5.52. The van der Waals surface area contributed by atoms with Gasteiger partial charge in [-0.2, -0.15) is 0 Å². The Morgan fingerprint density at radius 1 is 1.10 bits per heavy atom. The summed E-state index contributed by atoms with van der Waals surface area (Å²) in [4.78, 5) is 2.49. The van der Waals surface area contributed by atoms with Gasteiger partial charge in [-0.05, 0) is 55.8 Å². The summed E-state index contributed by atoms with van der Waals surface area (Å²) in [5, 5.41) is 3.87. The standard InChI is InChI=1S/C18H28N2/c1-3-20(4-2)13-16-7-5-6-8-17(16)19-18-12-14-9-10-15(18)11-14/h5-8,14-15,18-19H,3-4,9-13H2,1-2H3. The van der Waals surface area contributed by atoms with Crippen LogP contribution in [0.25, 0.3) is 0 Å². The summed E-state index contributed by atoms with van der Waals surface area (Å²) in [6.45, 7) is 7.81. The third-order valence-corrected chi connectivity index (χ3v) is 5.38. The molecule has 0 aromatic heterocycles. The van der Waals surface area contributed by atoms with Crippen LogP contribution in [0.3, 0.4) is 0 Å². The first-order chi connectivity index (χ1) is 9.80. The van der Waals surface area contributed by atoms with E-state index in [1.54, 1.807) is 0 Å². The van der Waals surface area contributed by atoms with Crippen LogP contribution in [-0.4, -0.2) is 24.0 Å². The van der Waals surface area contributed by atoms with Crippen molar-refractivity contribution in [1.29, 1.82) is 0 Å². The Labute approximate surface area is 123 Å². The lowest BCUT2D eigenvalue weighted by atomic mass is 9.95. The van der Waals surface area contributed by atoms with E-state index < -0.39 is 0 Å². The lowest BCUT2D eigenvalue weighted by molar-refractivity contribution is 0.296. The van der Waals surface area contributed by atoms with Crippen LogP contribution in [0, 0.1) is 11.8 Å². The lowest BCUT2D eigenvalue weighted by Crippen LogP contribution is -2.27. The quantitative estimate of drug-likeness (QED) is 0.837. The Morgan fingerprint density at radius 2 is 1.90 bits per heavy atom. The van der Waals surface area contributed by atoms with E-state index in [4.69, 9.17) is 0 Å². The fourth-order valence-corrected chi connectivity index (χ4v) is 4.11. The van der Waals surface area contributed by atoms with E-state index >= 15 is 0 Å². The highest BCUT2D eigenvalue weighted by Gasteiger charge is 2.39. The Morgan fingerprint density at radius 3 is 2.55 bits per heavy atom. The SMILES string of the molecule is CCN(CC)Cc1ccccc1NC1CC2CCC1C2. The second kappa shape index (κ2) is 6.17. The molecule has 2 aliphatic rings. The topological polar surface area (TPSA) is 15.3 Å².